The molecule has 1 aromatic carbocycles. The van der Waals surface area contributed by atoms with Gasteiger partial charge in [0.2, 0.25) is 0 Å². The van der Waals surface area contributed by atoms with Gasteiger partial charge in [0.15, 0.2) is 0 Å². The maximum atomic E-state index is 13.5. The third-order valence-corrected chi connectivity index (χ3v) is 2.87. The maximum absolute atomic E-state index is 13.5. The van der Waals surface area contributed by atoms with Gasteiger partial charge in [-0.15, -0.1) is 0 Å². The van der Waals surface area contributed by atoms with E-state index in [-0.39, 0.29) is 16.8 Å². The molecule has 0 bridgehead atoms. The van der Waals surface area contributed by atoms with Crippen molar-refractivity contribution in [2.24, 2.45) is 0 Å². The Labute approximate surface area is 114 Å². The summed E-state index contributed by atoms with van der Waals surface area (Å²) < 4.78 is 50.9. The van der Waals surface area contributed by atoms with Gasteiger partial charge in [-0.2, -0.15) is 13.2 Å². The second kappa shape index (κ2) is 5.68. The summed E-state index contributed by atoms with van der Waals surface area (Å²) in [4.78, 5) is 12.7. The van der Waals surface area contributed by atoms with Crippen LogP contribution in [0.3, 0.4) is 0 Å². The Bertz CT molecular complexity index is 489. The second-order valence-electron chi connectivity index (χ2n) is 4.81. The fourth-order valence-corrected chi connectivity index (χ4v) is 1.67. The zero-order valence-electron chi connectivity index (χ0n) is 11.4. The van der Waals surface area contributed by atoms with Gasteiger partial charge in [-0.25, -0.2) is 4.39 Å². The van der Waals surface area contributed by atoms with E-state index in [0.717, 1.165) is 6.07 Å². The third kappa shape index (κ3) is 3.85. The fraction of sp³-hybridized carbons (Fsp3) is 0.462. The fourth-order valence-electron chi connectivity index (χ4n) is 1.67. The van der Waals surface area contributed by atoms with Crippen molar-refractivity contribution in [3.8, 4) is 0 Å². The Balaban J connectivity index is 3.13. The SMILES string of the molecule is Cc1c(N)cc(C(=O)N(CC(F)(F)F)C(C)C)cc1F. The van der Waals surface area contributed by atoms with E-state index in [2.05, 4.69) is 0 Å². The van der Waals surface area contributed by atoms with Gasteiger partial charge in [-0.3, -0.25) is 4.79 Å². The summed E-state index contributed by atoms with van der Waals surface area (Å²) >= 11 is 0. The number of amides is 1. The first-order chi connectivity index (χ1) is 9.03. The molecular formula is C13H16F4N2O. The van der Waals surface area contributed by atoms with Crippen LogP contribution < -0.4 is 5.73 Å². The first-order valence-corrected chi connectivity index (χ1v) is 5.96. The largest absolute Gasteiger partial charge is 0.406 e. The van der Waals surface area contributed by atoms with Crippen LogP contribution in [0.1, 0.15) is 29.8 Å². The molecule has 0 aliphatic rings. The highest BCUT2D eigenvalue weighted by Crippen LogP contribution is 2.23. The van der Waals surface area contributed by atoms with E-state index in [4.69, 9.17) is 5.73 Å². The molecule has 2 N–H and O–H groups in total. The lowest BCUT2D eigenvalue weighted by Gasteiger charge is -2.28. The minimum atomic E-state index is -4.52. The molecule has 0 radical (unpaired) electrons. The summed E-state index contributed by atoms with van der Waals surface area (Å²) in [6, 6.07) is 1.42. The number of carbonyl (C=O) groups is 1. The number of anilines is 1. The number of hydrogen-bond acceptors (Lipinski definition) is 2. The molecule has 1 rings (SSSR count). The quantitative estimate of drug-likeness (QED) is 0.687. The first kappa shape index (κ1) is 16.3. The van der Waals surface area contributed by atoms with Crippen molar-refractivity contribution in [2.75, 3.05) is 12.3 Å². The molecule has 0 aliphatic heterocycles. The van der Waals surface area contributed by atoms with Crippen molar-refractivity contribution in [1.82, 2.24) is 4.90 Å². The summed E-state index contributed by atoms with van der Waals surface area (Å²) in [6.07, 6.45) is -4.52. The number of halogens is 4. The summed E-state index contributed by atoms with van der Waals surface area (Å²) in [7, 11) is 0. The predicted octanol–water partition coefficient (Wildman–Crippen LogP) is 3.13. The van der Waals surface area contributed by atoms with Crippen LogP contribution in [0.15, 0.2) is 12.1 Å². The normalized spacial score (nSPS) is 11.8. The van der Waals surface area contributed by atoms with Gasteiger partial charge in [-0.1, -0.05) is 0 Å². The van der Waals surface area contributed by atoms with Crippen LogP contribution in [0.25, 0.3) is 0 Å². The lowest BCUT2D eigenvalue weighted by molar-refractivity contribution is -0.143. The van der Waals surface area contributed by atoms with Gasteiger partial charge in [0.25, 0.3) is 5.91 Å². The molecule has 1 amide bonds. The highest BCUT2D eigenvalue weighted by molar-refractivity contribution is 5.95. The number of nitrogen functional groups attached to an aromatic ring is 1. The Morgan fingerprint density at radius 3 is 2.30 bits per heavy atom. The van der Waals surface area contributed by atoms with Gasteiger partial charge < -0.3 is 10.6 Å². The molecule has 0 unspecified atom stereocenters. The smallest absolute Gasteiger partial charge is 0.398 e. The maximum Gasteiger partial charge on any atom is 0.406 e. The standard InChI is InChI=1S/C13H16F4N2O/c1-7(2)19(6-13(15,16)17)12(20)9-4-10(14)8(3)11(18)5-9/h4-5,7H,6,18H2,1-3H3. The molecule has 0 fully saturated rings. The summed E-state index contributed by atoms with van der Waals surface area (Å²) in [5.74, 6) is -1.62. The molecule has 112 valence electrons. The van der Waals surface area contributed by atoms with Crippen LogP contribution in [0.4, 0.5) is 23.2 Å². The molecule has 1 aromatic rings. The number of alkyl halides is 3. The van der Waals surface area contributed by atoms with E-state index in [9.17, 15) is 22.4 Å². The average Bonchev–Trinajstić information content (AvgIpc) is 2.30. The van der Waals surface area contributed by atoms with Gasteiger partial charge in [0.05, 0.1) is 0 Å². The van der Waals surface area contributed by atoms with E-state index in [1.807, 2.05) is 0 Å². The summed E-state index contributed by atoms with van der Waals surface area (Å²) in [6.45, 7) is 2.95. The zero-order chi connectivity index (χ0) is 15.7. The van der Waals surface area contributed by atoms with E-state index in [1.165, 1.54) is 26.8 Å². The Kier molecular flexibility index (Phi) is 4.62. The number of rotatable bonds is 3. The van der Waals surface area contributed by atoms with Gasteiger partial charge >= 0.3 is 6.18 Å². The molecule has 0 aromatic heterocycles. The molecule has 0 saturated heterocycles. The predicted molar refractivity (Wildman–Crippen MR) is 67.8 cm³/mol. The van der Waals surface area contributed by atoms with Crippen molar-refractivity contribution in [3.05, 3.63) is 29.1 Å². The minimum absolute atomic E-state index is 0.0315. The summed E-state index contributed by atoms with van der Waals surface area (Å²) in [5.41, 5.74) is 5.53. The highest BCUT2D eigenvalue weighted by atomic mass is 19.4. The highest BCUT2D eigenvalue weighted by Gasteiger charge is 2.34. The molecular weight excluding hydrogens is 276 g/mol. The van der Waals surface area contributed by atoms with E-state index in [0.29, 0.717) is 4.90 Å². The zero-order valence-corrected chi connectivity index (χ0v) is 11.4. The molecule has 0 spiro atoms. The topological polar surface area (TPSA) is 46.3 Å². The lowest BCUT2D eigenvalue weighted by Crippen LogP contribution is -2.43. The number of nitrogens with two attached hydrogens (primary N) is 1. The van der Waals surface area contributed by atoms with Crippen LogP contribution in [-0.4, -0.2) is 29.6 Å². The Hall–Kier alpha value is -1.79. The van der Waals surface area contributed by atoms with Crippen LogP contribution in [0.2, 0.25) is 0 Å². The second-order valence-corrected chi connectivity index (χ2v) is 4.81. The Morgan fingerprint density at radius 2 is 1.90 bits per heavy atom. The van der Waals surface area contributed by atoms with Crippen LogP contribution in [0, 0.1) is 12.7 Å². The van der Waals surface area contributed by atoms with E-state index < -0.39 is 30.5 Å². The molecule has 0 heterocycles. The third-order valence-electron chi connectivity index (χ3n) is 2.87. The average molecular weight is 292 g/mol. The number of benzene rings is 1. The number of nitrogens with zero attached hydrogens (tertiary/aromatic N) is 1. The molecule has 0 aliphatic carbocycles. The monoisotopic (exact) mass is 292 g/mol. The number of hydrogen-bond donors (Lipinski definition) is 1. The van der Waals surface area contributed by atoms with Crippen LogP contribution in [-0.2, 0) is 0 Å². The van der Waals surface area contributed by atoms with E-state index >= 15 is 0 Å². The molecule has 0 atom stereocenters. The lowest BCUT2D eigenvalue weighted by atomic mass is 10.1. The van der Waals surface area contributed by atoms with Crippen molar-refractivity contribution in [3.63, 3.8) is 0 Å². The van der Waals surface area contributed by atoms with Crippen molar-refractivity contribution in [1.29, 1.82) is 0 Å². The Morgan fingerprint density at radius 1 is 1.35 bits per heavy atom. The molecule has 20 heavy (non-hydrogen) atoms. The number of carbonyl (C=O) groups excluding carboxylic acids is 1. The summed E-state index contributed by atoms with van der Waals surface area (Å²) in [5, 5.41) is 0. The van der Waals surface area contributed by atoms with Gasteiger partial charge in [0.1, 0.15) is 12.4 Å². The minimum Gasteiger partial charge on any atom is -0.398 e. The molecule has 0 saturated carbocycles. The van der Waals surface area contributed by atoms with Crippen molar-refractivity contribution in [2.45, 2.75) is 33.0 Å². The van der Waals surface area contributed by atoms with Crippen LogP contribution in [0.5, 0.6) is 0 Å². The molecule has 3 nitrogen and oxygen atoms in total. The van der Waals surface area contributed by atoms with Crippen molar-refractivity contribution >= 4 is 11.6 Å². The molecule has 7 heteroatoms. The van der Waals surface area contributed by atoms with Crippen LogP contribution >= 0.6 is 0 Å². The van der Waals surface area contributed by atoms with Gasteiger partial charge in [0, 0.05) is 22.9 Å². The van der Waals surface area contributed by atoms with E-state index in [1.54, 1.807) is 0 Å². The first-order valence-electron chi connectivity index (χ1n) is 5.96. The van der Waals surface area contributed by atoms with Gasteiger partial charge in [-0.05, 0) is 32.9 Å². The van der Waals surface area contributed by atoms with Crippen molar-refractivity contribution < 1.29 is 22.4 Å².